The Morgan fingerprint density at radius 3 is 2.59 bits per heavy atom. The van der Waals surface area contributed by atoms with Gasteiger partial charge >= 0.3 is 0 Å². The maximum atomic E-state index is 13.3. The maximum absolute atomic E-state index is 13.3. The number of halogens is 1. The van der Waals surface area contributed by atoms with E-state index in [0.717, 1.165) is 10.2 Å². The molecule has 2 aromatic heterocycles. The van der Waals surface area contributed by atoms with Gasteiger partial charge in [0.25, 0.3) is 5.56 Å². The maximum Gasteiger partial charge on any atom is 0.264 e. The highest BCUT2D eigenvalue weighted by Crippen LogP contribution is 2.37. The second-order valence-corrected chi connectivity index (χ2v) is 10.1. The van der Waals surface area contributed by atoms with Crippen molar-refractivity contribution in [2.24, 2.45) is 11.8 Å². The number of nitrogens with zero attached hydrogens (tertiary/aromatic N) is 3. The van der Waals surface area contributed by atoms with Crippen LogP contribution in [0.1, 0.15) is 20.3 Å². The Kier molecular flexibility index (Phi) is 7.44. The van der Waals surface area contributed by atoms with Gasteiger partial charge in [-0.05, 0) is 30.4 Å². The summed E-state index contributed by atoms with van der Waals surface area (Å²) in [4.78, 5) is 27.7. The molecule has 1 aliphatic heterocycles. The number of thiazole rings is 1. The van der Waals surface area contributed by atoms with E-state index in [0.29, 0.717) is 55.1 Å². The first-order valence-corrected chi connectivity index (χ1v) is 12.2. The van der Waals surface area contributed by atoms with Crippen LogP contribution in [0, 0.1) is 11.8 Å². The molecule has 0 amide bonds. The lowest BCUT2D eigenvalue weighted by atomic mass is 9.92. The van der Waals surface area contributed by atoms with E-state index >= 15 is 0 Å². The largest absolute Gasteiger partial charge is 0.390 e. The molecule has 0 bridgehead atoms. The molecule has 1 aliphatic carbocycles. The molecule has 0 unspecified atom stereocenters. The van der Waals surface area contributed by atoms with Crippen molar-refractivity contribution in [3.63, 3.8) is 0 Å². The summed E-state index contributed by atoms with van der Waals surface area (Å²) in [6.07, 6.45) is -1.19. The van der Waals surface area contributed by atoms with Crippen molar-refractivity contribution >= 4 is 45.7 Å². The zero-order valence-corrected chi connectivity index (χ0v) is 20.7. The van der Waals surface area contributed by atoms with Gasteiger partial charge in [0, 0.05) is 13.1 Å². The van der Waals surface area contributed by atoms with E-state index in [1.165, 1.54) is 11.3 Å². The molecule has 3 aromatic rings. The highest BCUT2D eigenvalue weighted by Gasteiger charge is 2.43. The Labute approximate surface area is 207 Å². The summed E-state index contributed by atoms with van der Waals surface area (Å²) in [7, 11) is 0. The van der Waals surface area contributed by atoms with Crippen molar-refractivity contribution in [1.29, 1.82) is 0 Å². The number of aromatic nitrogens is 3. The number of nitrogens with one attached hydrogen (secondary N) is 2. The third-order valence-corrected chi connectivity index (χ3v) is 7.68. The number of aliphatic hydroxyl groups excluding tert-OH is 2. The summed E-state index contributed by atoms with van der Waals surface area (Å²) >= 11 is 1.43. The van der Waals surface area contributed by atoms with Gasteiger partial charge in [0.1, 0.15) is 22.5 Å². The number of hydrogen-bond acceptors (Lipinski definition) is 9. The monoisotopic (exact) mass is 507 g/mol. The SMILES string of the molecule is CC(C)[C@H]1C[C@@H](Nc2nc(N3CCOCC3)[nH]c(=O)c2-c2nc3ccccc3s2)[C@H](O)[C@@H]1O.Cl. The Morgan fingerprint density at radius 2 is 1.91 bits per heavy atom. The van der Waals surface area contributed by atoms with Crippen molar-refractivity contribution in [3.05, 3.63) is 34.6 Å². The summed E-state index contributed by atoms with van der Waals surface area (Å²) in [5.74, 6) is 1.02. The van der Waals surface area contributed by atoms with Gasteiger partial charge < -0.3 is 25.2 Å². The molecule has 5 rings (SSSR count). The minimum absolute atomic E-state index is 0. The Morgan fingerprint density at radius 1 is 1.18 bits per heavy atom. The lowest BCUT2D eigenvalue weighted by Gasteiger charge is -2.28. The molecule has 0 radical (unpaired) electrons. The number of aromatic amines is 1. The van der Waals surface area contributed by atoms with Gasteiger partial charge in [-0.25, -0.2) is 4.98 Å². The molecule has 0 spiro atoms. The van der Waals surface area contributed by atoms with Crippen LogP contribution in [0.15, 0.2) is 29.1 Å². The fourth-order valence-corrected chi connectivity index (χ4v) is 5.73. The van der Waals surface area contributed by atoms with Crippen LogP contribution in [0.2, 0.25) is 0 Å². The quantitative estimate of drug-likeness (QED) is 0.415. The van der Waals surface area contributed by atoms with Crippen molar-refractivity contribution in [3.8, 4) is 10.6 Å². The highest BCUT2D eigenvalue weighted by atomic mass is 35.5. The number of para-hydroxylation sites is 1. The average Bonchev–Trinajstić information content (AvgIpc) is 3.35. The summed E-state index contributed by atoms with van der Waals surface area (Å²) < 4.78 is 6.41. The number of fused-ring (bicyclic) bond motifs is 1. The van der Waals surface area contributed by atoms with Crippen molar-refractivity contribution in [2.75, 3.05) is 36.5 Å². The van der Waals surface area contributed by atoms with Crippen molar-refractivity contribution < 1.29 is 14.9 Å². The zero-order chi connectivity index (χ0) is 23.1. The van der Waals surface area contributed by atoms with Gasteiger partial charge in [0.05, 0.1) is 35.6 Å². The second kappa shape index (κ2) is 10.2. The normalized spacial score (nSPS) is 25.0. The van der Waals surface area contributed by atoms with E-state index < -0.39 is 18.2 Å². The minimum Gasteiger partial charge on any atom is -0.390 e. The average molecular weight is 508 g/mol. The van der Waals surface area contributed by atoms with Crippen LogP contribution in [0.5, 0.6) is 0 Å². The molecule has 1 saturated heterocycles. The minimum atomic E-state index is -0.950. The molecule has 184 valence electrons. The predicted molar refractivity (Wildman–Crippen MR) is 136 cm³/mol. The van der Waals surface area contributed by atoms with Gasteiger partial charge in [-0.1, -0.05) is 26.0 Å². The van der Waals surface area contributed by atoms with Gasteiger partial charge in [0.15, 0.2) is 0 Å². The van der Waals surface area contributed by atoms with Crippen LogP contribution < -0.4 is 15.8 Å². The Balaban J connectivity index is 0.00000274. The third kappa shape index (κ3) is 4.65. The van der Waals surface area contributed by atoms with E-state index in [2.05, 4.69) is 15.3 Å². The van der Waals surface area contributed by atoms with Gasteiger partial charge in [-0.3, -0.25) is 9.78 Å². The van der Waals surface area contributed by atoms with Crippen molar-refractivity contribution in [2.45, 2.75) is 38.5 Å². The van der Waals surface area contributed by atoms with Crippen LogP contribution in [0.4, 0.5) is 11.8 Å². The third-order valence-electron chi connectivity index (χ3n) is 6.63. The molecule has 9 nitrogen and oxygen atoms in total. The van der Waals surface area contributed by atoms with E-state index in [4.69, 9.17) is 9.72 Å². The Bertz CT molecular complexity index is 1160. The van der Waals surface area contributed by atoms with Crippen LogP contribution in [-0.4, -0.2) is 69.7 Å². The lowest BCUT2D eigenvalue weighted by molar-refractivity contribution is 0.00750. The van der Waals surface area contributed by atoms with Crippen LogP contribution in [0.3, 0.4) is 0 Å². The number of morpholine rings is 1. The molecule has 11 heteroatoms. The molecule has 34 heavy (non-hydrogen) atoms. The molecular formula is C23H30ClN5O4S. The smallest absolute Gasteiger partial charge is 0.264 e. The zero-order valence-electron chi connectivity index (χ0n) is 19.1. The van der Waals surface area contributed by atoms with Crippen LogP contribution >= 0.6 is 23.7 Å². The van der Waals surface area contributed by atoms with E-state index in [1.807, 2.05) is 43.0 Å². The molecule has 4 atom stereocenters. The van der Waals surface area contributed by atoms with E-state index in [1.54, 1.807) is 0 Å². The molecule has 1 saturated carbocycles. The molecule has 2 fully saturated rings. The number of ether oxygens (including phenoxy) is 1. The first-order chi connectivity index (χ1) is 15.9. The standard InChI is InChI=1S/C23H29N5O4S.ClH/c1-12(2)13-11-15(19(30)18(13)29)24-20-17(22-25-14-5-3-4-6-16(14)33-22)21(31)27-23(26-20)28-7-9-32-10-8-28;/h3-6,12-13,15,18-19,29-30H,7-11H2,1-2H3,(H2,24,26,27,31);1H/t13-,15-,18-,19+;/m1./s1. The van der Waals surface area contributed by atoms with Crippen LogP contribution in [-0.2, 0) is 4.74 Å². The van der Waals surface area contributed by atoms with Gasteiger partial charge in [-0.2, -0.15) is 4.98 Å². The van der Waals surface area contributed by atoms with Gasteiger partial charge in [-0.15, -0.1) is 23.7 Å². The predicted octanol–water partition coefficient (Wildman–Crippen LogP) is 2.48. The highest BCUT2D eigenvalue weighted by molar-refractivity contribution is 7.21. The molecule has 1 aromatic carbocycles. The Hall–Kier alpha value is -2.24. The van der Waals surface area contributed by atoms with Crippen molar-refractivity contribution in [1.82, 2.24) is 15.0 Å². The summed E-state index contributed by atoms with van der Waals surface area (Å²) in [6.45, 7) is 6.46. The lowest BCUT2D eigenvalue weighted by Crippen LogP contribution is -2.39. The number of anilines is 2. The second-order valence-electron chi connectivity index (χ2n) is 9.07. The first-order valence-electron chi connectivity index (χ1n) is 11.4. The number of benzene rings is 1. The number of hydrogen-bond donors (Lipinski definition) is 4. The number of H-pyrrole nitrogens is 1. The molecule has 4 N–H and O–H groups in total. The van der Waals surface area contributed by atoms with Crippen LogP contribution in [0.25, 0.3) is 20.8 Å². The van der Waals surface area contributed by atoms with Gasteiger partial charge in [0.2, 0.25) is 5.95 Å². The summed E-state index contributed by atoms with van der Waals surface area (Å²) in [5, 5.41) is 25.2. The topological polar surface area (TPSA) is 124 Å². The fourth-order valence-electron chi connectivity index (χ4n) is 4.72. The summed E-state index contributed by atoms with van der Waals surface area (Å²) in [5.41, 5.74) is 0.876. The number of rotatable bonds is 5. The first kappa shape index (κ1) is 24.9. The summed E-state index contributed by atoms with van der Waals surface area (Å²) in [6, 6.07) is 7.31. The van der Waals surface area contributed by atoms with E-state index in [9.17, 15) is 15.0 Å². The fraction of sp³-hybridized carbons (Fsp3) is 0.522. The number of aliphatic hydroxyl groups is 2. The molecule has 2 aliphatic rings. The molecule has 3 heterocycles. The molecular weight excluding hydrogens is 478 g/mol. The van der Waals surface area contributed by atoms with E-state index in [-0.39, 0.29) is 29.8 Å².